The number of nitrogens with zero attached hydrogens (tertiary/aromatic N) is 1. The van der Waals surface area contributed by atoms with Crippen molar-refractivity contribution in [2.75, 3.05) is 6.79 Å². The van der Waals surface area contributed by atoms with Gasteiger partial charge in [-0.25, -0.2) is 4.98 Å². The zero-order chi connectivity index (χ0) is 23.6. The van der Waals surface area contributed by atoms with Crippen LogP contribution in [0, 0.1) is 0 Å². The van der Waals surface area contributed by atoms with E-state index < -0.39 is 0 Å². The highest BCUT2D eigenvalue weighted by Gasteiger charge is 2.14. The summed E-state index contributed by atoms with van der Waals surface area (Å²) in [7, 11) is 0. The van der Waals surface area contributed by atoms with Gasteiger partial charge in [-0.1, -0.05) is 60.7 Å². The van der Waals surface area contributed by atoms with Crippen molar-refractivity contribution in [2.24, 2.45) is 0 Å². The van der Waals surface area contributed by atoms with E-state index in [4.69, 9.17) is 14.5 Å². The third-order valence-electron chi connectivity index (χ3n) is 6.16. The van der Waals surface area contributed by atoms with Crippen LogP contribution < -0.4 is 20.3 Å². The molecule has 0 unspecified atom stereocenters. The first-order valence-corrected chi connectivity index (χ1v) is 11.5. The van der Waals surface area contributed by atoms with Crippen LogP contribution in [-0.4, -0.2) is 16.8 Å². The van der Waals surface area contributed by atoms with Gasteiger partial charge in [-0.05, 0) is 41.0 Å². The van der Waals surface area contributed by atoms with Gasteiger partial charge in [0, 0.05) is 30.4 Å². The summed E-state index contributed by atoms with van der Waals surface area (Å²) in [6.45, 7) is 1.76. The molecule has 0 aliphatic carbocycles. The van der Waals surface area contributed by atoms with Gasteiger partial charge in [-0.2, -0.15) is 0 Å². The molecule has 0 saturated heterocycles. The van der Waals surface area contributed by atoms with Crippen molar-refractivity contribution in [1.82, 2.24) is 15.3 Å². The van der Waals surface area contributed by atoms with Crippen LogP contribution in [-0.2, 0) is 13.1 Å². The van der Waals surface area contributed by atoms with Crippen molar-refractivity contribution in [2.45, 2.75) is 13.1 Å². The van der Waals surface area contributed by atoms with Crippen molar-refractivity contribution in [1.29, 1.82) is 0 Å². The van der Waals surface area contributed by atoms with Crippen molar-refractivity contribution >= 4 is 10.9 Å². The largest absolute Gasteiger partial charge is 0.454 e. The van der Waals surface area contributed by atoms with E-state index in [0.717, 1.165) is 52.5 Å². The number of aromatic nitrogens is 2. The molecule has 6 heteroatoms. The molecule has 6 rings (SSSR count). The van der Waals surface area contributed by atoms with Crippen molar-refractivity contribution in [3.05, 3.63) is 113 Å². The number of aromatic amines is 1. The Balaban J connectivity index is 1.25. The highest BCUT2D eigenvalue weighted by molar-refractivity contribution is 5.91. The second kappa shape index (κ2) is 9.08. The lowest BCUT2D eigenvalue weighted by atomic mass is 9.97. The Kier molecular flexibility index (Phi) is 5.48. The third kappa shape index (κ3) is 4.27. The van der Waals surface area contributed by atoms with Gasteiger partial charge in [0.05, 0.1) is 16.6 Å². The summed E-state index contributed by atoms with van der Waals surface area (Å²) in [6.07, 6.45) is 1.64. The molecular formula is C29H23N3O3. The second-order valence-electron chi connectivity index (χ2n) is 8.48. The molecule has 6 nitrogen and oxygen atoms in total. The van der Waals surface area contributed by atoms with Crippen molar-refractivity contribution in [3.8, 4) is 33.9 Å². The molecule has 35 heavy (non-hydrogen) atoms. The number of hydrogen-bond acceptors (Lipinski definition) is 5. The fraction of sp³-hybridized carbons (Fsp3) is 0.103. The Bertz CT molecular complexity index is 1560. The van der Waals surface area contributed by atoms with E-state index >= 15 is 0 Å². The summed E-state index contributed by atoms with van der Waals surface area (Å²) >= 11 is 0. The van der Waals surface area contributed by atoms with Crippen LogP contribution in [0.25, 0.3) is 33.3 Å². The Labute approximate surface area is 202 Å². The summed E-state index contributed by atoms with van der Waals surface area (Å²) < 4.78 is 10.8. The Morgan fingerprint density at radius 1 is 0.800 bits per heavy atom. The van der Waals surface area contributed by atoms with Gasteiger partial charge in [-0.3, -0.25) is 4.79 Å². The average Bonchev–Trinajstić information content (AvgIpc) is 3.37. The van der Waals surface area contributed by atoms with E-state index in [1.807, 2.05) is 60.7 Å². The van der Waals surface area contributed by atoms with Gasteiger partial charge >= 0.3 is 0 Å². The lowest BCUT2D eigenvalue weighted by Gasteiger charge is -2.12. The predicted molar refractivity (Wildman–Crippen MR) is 136 cm³/mol. The van der Waals surface area contributed by atoms with Gasteiger partial charge in [0.1, 0.15) is 0 Å². The normalized spacial score (nSPS) is 12.2. The van der Waals surface area contributed by atoms with E-state index in [0.29, 0.717) is 10.9 Å². The number of pyridine rings is 2. The molecule has 0 atom stereocenters. The number of H-pyrrole nitrogens is 1. The quantitative estimate of drug-likeness (QED) is 0.360. The molecule has 0 amide bonds. The highest BCUT2D eigenvalue weighted by atomic mass is 16.7. The third-order valence-corrected chi connectivity index (χ3v) is 6.16. The standard InChI is InChI=1S/C29H23N3O3/c33-29-24-15-23(21-4-2-1-3-5-21)28(32-25(24)12-13-31-29)22-9-6-19(7-10-22)16-30-17-20-8-11-26-27(14-20)35-18-34-26/h1-15,30H,16-18H2,(H,31,33). The molecular weight excluding hydrogens is 438 g/mol. The van der Waals surface area contributed by atoms with Gasteiger partial charge in [0.2, 0.25) is 6.79 Å². The first-order valence-electron chi connectivity index (χ1n) is 11.5. The zero-order valence-electron chi connectivity index (χ0n) is 19.0. The molecule has 3 aromatic carbocycles. The second-order valence-corrected chi connectivity index (χ2v) is 8.48. The van der Waals surface area contributed by atoms with Gasteiger partial charge in [-0.15, -0.1) is 0 Å². The van der Waals surface area contributed by atoms with E-state index in [-0.39, 0.29) is 12.4 Å². The van der Waals surface area contributed by atoms with E-state index in [1.165, 1.54) is 5.56 Å². The molecule has 0 fully saturated rings. The molecule has 2 N–H and O–H groups in total. The molecule has 172 valence electrons. The molecule has 0 saturated carbocycles. The molecule has 0 spiro atoms. The number of hydrogen-bond donors (Lipinski definition) is 2. The van der Waals surface area contributed by atoms with Crippen molar-refractivity contribution < 1.29 is 9.47 Å². The number of rotatable bonds is 6. The summed E-state index contributed by atoms with van der Waals surface area (Å²) in [4.78, 5) is 20.0. The van der Waals surface area contributed by atoms with Crippen LogP contribution in [0.2, 0.25) is 0 Å². The van der Waals surface area contributed by atoms with Gasteiger partial charge < -0.3 is 19.8 Å². The summed E-state index contributed by atoms with van der Waals surface area (Å²) in [5.74, 6) is 1.60. The maximum absolute atomic E-state index is 12.4. The first-order chi connectivity index (χ1) is 17.2. The van der Waals surface area contributed by atoms with Gasteiger partial charge in [0.15, 0.2) is 11.5 Å². The van der Waals surface area contributed by atoms with E-state index in [2.05, 4.69) is 34.6 Å². The van der Waals surface area contributed by atoms with E-state index in [9.17, 15) is 4.79 Å². The fourth-order valence-corrected chi connectivity index (χ4v) is 4.35. The topological polar surface area (TPSA) is 76.2 Å². The molecule has 1 aliphatic rings. The van der Waals surface area contributed by atoms with Crippen LogP contribution >= 0.6 is 0 Å². The van der Waals surface area contributed by atoms with Gasteiger partial charge in [0.25, 0.3) is 5.56 Å². The first kappa shape index (κ1) is 21.1. The molecule has 0 bridgehead atoms. The summed E-state index contributed by atoms with van der Waals surface area (Å²) in [6, 6.07) is 28.2. The summed E-state index contributed by atoms with van der Waals surface area (Å²) in [5.41, 5.74) is 6.68. The highest BCUT2D eigenvalue weighted by Crippen LogP contribution is 2.33. The number of ether oxygens (including phenoxy) is 2. The van der Waals surface area contributed by atoms with E-state index in [1.54, 1.807) is 6.20 Å². The lowest BCUT2D eigenvalue weighted by molar-refractivity contribution is 0.174. The predicted octanol–water partition coefficient (Wildman–Crippen LogP) is 5.28. The number of fused-ring (bicyclic) bond motifs is 2. The average molecular weight is 462 g/mol. The monoisotopic (exact) mass is 461 g/mol. The smallest absolute Gasteiger partial charge is 0.257 e. The minimum Gasteiger partial charge on any atom is -0.454 e. The minimum absolute atomic E-state index is 0.136. The Morgan fingerprint density at radius 2 is 1.57 bits per heavy atom. The maximum Gasteiger partial charge on any atom is 0.257 e. The molecule has 0 radical (unpaired) electrons. The van der Waals surface area contributed by atoms with Crippen LogP contribution in [0.15, 0.2) is 95.9 Å². The van der Waals surface area contributed by atoms with Crippen molar-refractivity contribution in [3.63, 3.8) is 0 Å². The lowest BCUT2D eigenvalue weighted by Crippen LogP contribution is -2.12. The molecule has 2 aromatic heterocycles. The number of nitrogens with one attached hydrogen (secondary N) is 2. The Hall–Kier alpha value is -4.42. The number of benzene rings is 3. The molecule has 5 aromatic rings. The minimum atomic E-state index is -0.136. The Morgan fingerprint density at radius 3 is 2.43 bits per heavy atom. The zero-order valence-corrected chi connectivity index (χ0v) is 19.0. The fourth-order valence-electron chi connectivity index (χ4n) is 4.35. The molecule has 3 heterocycles. The SMILES string of the molecule is O=c1[nH]ccc2nc(-c3ccc(CNCc4ccc5c(c4)OCO5)cc3)c(-c3ccccc3)cc12. The van der Waals surface area contributed by atoms with Crippen LogP contribution in [0.1, 0.15) is 11.1 Å². The summed E-state index contributed by atoms with van der Waals surface area (Å²) in [5, 5.41) is 4.07. The van der Waals surface area contributed by atoms with Crippen LogP contribution in [0.4, 0.5) is 0 Å². The van der Waals surface area contributed by atoms with Crippen LogP contribution in [0.5, 0.6) is 11.5 Å². The maximum atomic E-state index is 12.4. The van der Waals surface area contributed by atoms with Crippen LogP contribution in [0.3, 0.4) is 0 Å². The molecule has 1 aliphatic heterocycles.